The Balaban J connectivity index is 1.75. The van der Waals surface area contributed by atoms with Crippen molar-refractivity contribution in [1.82, 2.24) is 9.62 Å². The number of likely N-dealkylation sites (tertiary alicyclic amines) is 1. The van der Waals surface area contributed by atoms with E-state index < -0.39 is 39.8 Å². The molecule has 2 aromatic rings. The van der Waals surface area contributed by atoms with Gasteiger partial charge in [-0.25, -0.2) is 22.7 Å². The molecule has 0 unspecified atom stereocenters. The molecule has 0 aromatic heterocycles. The first kappa shape index (κ1) is 25.5. The van der Waals surface area contributed by atoms with Crippen LogP contribution in [0.15, 0.2) is 59.5 Å². The summed E-state index contributed by atoms with van der Waals surface area (Å²) in [5.74, 6) is -0.964. The van der Waals surface area contributed by atoms with Crippen LogP contribution in [0.25, 0.3) is 0 Å². The van der Waals surface area contributed by atoms with E-state index in [0.29, 0.717) is 0 Å². The summed E-state index contributed by atoms with van der Waals surface area (Å²) in [6.45, 7) is 5.10. The number of hydrogen-bond acceptors (Lipinski definition) is 6. The topological polar surface area (TPSA) is 122 Å². The molecule has 0 bridgehead atoms. The van der Waals surface area contributed by atoms with Crippen LogP contribution in [0.3, 0.4) is 0 Å². The maximum Gasteiger partial charge on any atom is 0.411 e. The van der Waals surface area contributed by atoms with Gasteiger partial charge in [-0.15, -0.1) is 0 Å². The number of ether oxygens (including phenoxy) is 2. The van der Waals surface area contributed by atoms with Crippen LogP contribution in [0.4, 0.5) is 4.79 Å². The highest BCUT2D eigenvalue weighted by Gasteiger charge is 2.39. The number of hydrogen-bond donors (Lipinski definition) is 2. The van der Waals surface area contributed by atoms with E-state index in [2.05, 4.69) is 4.72 Å². The largest absolute Gasteiger partial charge is 0.487 e. The molecule has 34 heavy (non-hydrogen) atoms. The van der Waals surface area contributed by atoms with Crippen LogP contribution in [0.1, 0.15) is 39.2 Å². The molecule has 2 aromatic carbocycles. The number of nitrogens with one attached hydrogen (secondary N) is 1. The van der Waals surface area contributed by atoms with E-state index in [9.17, 15) is 23.1 Å². The predicted octanol–water partition coefficient (Wildman–Crippen LogP) is 3.40. The van der Waals surface area contributed by atoms with Crippen molar-refractivity contribution in [2.75, 3.05) is 6.54 Å². The standard InChI is InChI=1S/C24H30N2O7S/c1-24(2,3)33-23(29)26-15-18(13-14-19(26)22(27)28)25-34(30,31)21-12-8-7-11-20(21)32-16-17-9-5-4-6-10-17/h4-12,18-19,25H,13-16H2,1-3H3,(H,27,28)/t18-,19+/m1/s1. The van der Waals surface area contributed by atoms with E-state index in [1.807, 2.05) is 30.3 Å². The molecule has 0 aliphatic carbocycles. The van der Waals surface area contributed by atoms with E-state index in [1.165, 1.54) is 6.07 Å². The Morgan fingerprint density at radius 1 is 1.06 bits per heavy atom. The molecule has 10 heteroatoms. The Bertz CT molecular complexity index is 1110. The van der Waals surface area contributed by atoms with Crippen LogP contribution < -0.4 is 9.46 Å². The molecular weight excluding hydrogens is 460 g/mol. The number of carbonyl (C=O) groups is 2. The van der Waals surface area contributed by atoms with Crippen molar-refractivity contribution in [1.29, 1.82) is 0 Å². The number of rotatable bonds is 7. The predicted molar refractivity (Wildman–Crippen MR) is 125 cm³/mol. The lowest BCUT2D eigenvalue weighted by atomic mass is 9.99. The SMILES string of the molecule is CC(C)(C)OC(=O)N1C[C@H](NS(=O)(=O)c2ccccc2OCc2ccccc2)CC[C@H]1C(=O)O. The van der Waals surface area contributed by atoms with Gasteiger partial charge < -0.3 is 14.6 Å². The first-order valence-corrected chi connectivity index (χ1v) is 12.4. The lowest BCUT2D eigenvalue weighted by molar-refractivity contribution is -0.144. The highest BCUT2D eigenvalue weighted by atomic mass is 32.2. The van der Waals surface area contributed by atoms with Gasteiger partial charge in [0.2, 0.25) is 10.0 Å². The zero-order valence-electron chi connectivity index (χ0n) is 19.4. The van der Waals surface area contributed by atoms with Gasteiger partial charge in [0.05, 0.1) is 0 Å². The molecule has 0 spiro atoms. The molecule has 2 N–H and O–H groups in total. The fraction of sp³-hybridized carbons (Fsp3) is 0.417. The zero-order chi connectivity index (χ0) is 24.9. The third kappa shape index (κ3) is 6.71. The van der Waals surface area contributed by atoms with Crippen LogP contribution in [-0.4, -0.2) is 54.7 Å². The van der Waals surface area contributed by atoms with Gasteiger partial charge in [0, 0.05) is 12.6 Å². The van der Waals surface area contributed by atoms with Crippen LogP contribution in [0, 0.1) is 0 Å². The Kier molecular flexibility index (Phi) is 7.83. The summed E-state index contributed by atoms with van der Waals surface area (Å²) in [5.41, 5.74) is 0.0735. The second-order valence-corrected chi connectivity index (χ2v) is 10.8. The normalized spacial score (nSPS) is 18.9. The van der Waals surface area contributed by atoms with Gasteiger partial charge in [0.25, 0.3) is 0 Å². The highest BCUT2D eigenvalue weighted by molar-refractivity contribution is 7.89. The number of carboxylic acid groups (broad SMARTS) is 1. The van der Waals surface area contributed by atoms with E-state index in [4.69, 9.17) is 9.47 Å². The minimum atomic E-state index is -4.02. The number of benzene rings is 2. The lowest BCUT2D eigenvalue weighted by Gasteiger charge is -2.38. The van der Waals surface area contributed by atoms with E-state index in [1.54, 1.807) is 39.0 Å². The molecule has 2 atom stereocenters. The maximum atomic E-state index is 13.2. The molecule has 1 heterocycles. The van der Waals surface area contributed by atoms with Crippen molar-refractivity contribution in [3.8, 4) is 5.75 Å². The van der Waals surface area contributed by atoms with Crippen LogP contribution in [0.5, 0.6) is 5.75 Å². The van der Waals surface area contributed by atoms with E-state index in [0.717, 1.165) is 10.5 Å². The molecule has 1 saturated heterocycles. The van der Waals surface area contributed by atoms with Gasteiger partial charge in [-0.2, -0.15) is 0 Å². The van der Waals surface area contributed by atoms with Crippen molar-refractivity contribution < 1.29 is 32.6 Å². The number of para-hydroxylation sites is 1. The summed E-state index contributed by atoms with van der Waals surface area (Å²) in [5, 5.41) is 9.54. The third-order valence-corrected chi connectivity index (χ3v) is 6.75. The molecule has 1 amide bonds. The number of carbonyl (C=O) groups excluding carboxylic acids is 1. The minimum Gasteiger partial charge on any atom is -0.487 e. The van der Waals surface area contributed by atoms with Crippen LogP contribution >= 0.6 is 0 Å². The molecule has 0 saturated carbocycles. The third-order valence-electron chi connectivity index (χ3n) is 5.19. The smallest absolute Gasteiger partial charge is 0.411 e. The highest BCUT2D eigenvalue weighted by Crippen LogP contribution is 2.27. The van der Waals surface area contributed by atoms with Gasteiger partial charge >= 0.3 is 12.1 Å². The monoisotopic (exact) mass is 490 g/mol. The Labute approximate surface area is 199 Å². The number of aliphatic carboxylic acids is 1. The fourth-order valence-corrected chi connectivity index (χ4v) is 5.06. The molecule has 3 rings (SSSR count). The zero-order valence-corrected chi connectivity index (χ0v) is 20.2. The number of piperidine rings is 1. The first-order valence-electron chi connectivity index (χ1n) is 11.0. The molecule has 1 aliphatic heterocycles. The summed E-state index contributed by atoms with van der Waals surface area (Å²) in [6, 6.07) is 13.9. The maximum absolute atomic E-state index is 13.2. The summed E-state index contributed by atoms with van der Waals surface area (Å²) in [4.78, 5) is 25.3. The molecule has 1 fully saturated rings. The Morgan fingerprint density at radius 2 is 1.71 bits per heavy atom. The second kappa shape index (κ2) is 10.4. The van der Waals surface area contributed by atoms with Gasteiger partial charge in [-0.1, -0.05) is 42.5 Å². The summed E-state index contributed by atoms with van der Waals surface area (Å²) in [7, 11) is -4.02. The van der Waals surface area contributed by atoms with Gasteiger partial charge in [-0.3, -0.25) is 4.90 Å². The summed E-state index contributed by atoms with van der Waals surface area (Å²) in [6.07, 6.45) is -0.452. The number of carboxylic acids is 1. The molecule has 0 radical (unpaired) electrons. The molecule has 184 valence electrons. The molecule has 1 aliphatic rings. The minimum absolute atomic E-state index is 0.0323. The molecule has 9 nitrogen and oxygen atoms in total. The summed E-state index contributed by atoms with van der Waals surface area (Å²) >= 11 is 0. The van der Waals surface area contributed by atoms with Crippen molar-refractivity contribution in [3.05, 3.63) is 60.2 Å². The van der Waals surface area contributed by atoms with Crippen LogP contribution in [0.2, 0.25) is 0 Å². The van der Waals surface area contributed by atoms with E-state index in [-0.39, 0.29) is 36.6 Å². The first-order chi connectivity index (χ1) is 16.0. The van der Waals surface area contributed by atoms with Gasteiger partial charge in [0.15, 0.2) is 0 Å². The number of amides is 1. The molecular formula is C24H30N2O7S. The number of nitrogens with zero attached hydrogens (tertiary/aromatic N) is 1. The van der Waals surface area contributed by atoms with E-state index >= 15 is 0 Å². The summed E-state index contributed by atoms with van der Waals surface area (Å²) < 4.78 is 40.1. The average molecular weight is 491 g/mol. The van der Waals surface area contributed by atoms with Crippen molar-refractivity contribution in [2.45, 2.75) is 62.8 Å². The second-order valence-electron chi connectivity index (χ2n) is 9.10. The Hall–Kier alpha value is -3.11. The van der Waals surface area contributed by atoms with Gasteiger partial charge in [-0.05, 0) is 51.3 Å². The lowest BCUT2D eigenvalue weighted by Crippen LogP contribution is -2.57. The Morgan fingerprint density at radius 3 is 2.35 bits per heavy atom. The van der Waals surface area contributed by atoms with Crippen LogP contribution in [-0.2, 0) is 26.2 Å². The number of sulfonamides is 1. The fourth-order valence-electron chi connectivity index (χ4n) is 3.66. The van der Waals surface area contributed by atoms with Crippen molar-refractivity contribution in [3.63, 3.8) is 0 Å². The average Bonchev–Trinajstić information content (AvgIpc) is 2.77. The van der Waals surface area contributed by atoms with Crippen molar-refractivity contribution in [2.24, 2.45) is 0 Å². The van der Waals surface area contributed by atoms with Crippen molar-refractivity contribution >= 4 is 22.1 Å². The quantitative estimate of drug-likeness (QED) is 0.610. The van der Waals surface area contributed by atoms with Gasteiger partial charge in [0.1, 0.15) is 28.9 Å².